The maximum Gasteiger partial charge on any atom is 0.234 e. The largest absolute Gasteiger partial charge is 0.349 e. The summed E-state index contributed by atoms with van der Waals surface area (Å²) in [7, 11) is 1.99. The minimum Gasteiger partial charge on any atom is -0.349 e. The Morgan fingerprint density at radius 2 is 2.22 bits per heavy atom. The van der Waals surface area contributed by atoms with Gasteiger partial charge < -0.3 is 9.88 Å². The maximum atomic E-state index is 12.2. The van der Waals surface area contributed by atoms with Gasteiger partial charge in [0.05, 0.1) is 12.1 Å². The highest BCUT2D eigenvalue weighted by molar-refractivity contribution is 14.1. The van der Waals surface area contributed by atoms with E-state index in [4.69, 9.17) is 4.98 Å². The van der Waals surface area contributed by atoms with Gasteiger partial charge in [0.1, 0.15) is 9.53 Å². The first kappa shape index (κ1) is 16.3. The fourth-order valence-corrected chi connectivity index (χ4v) is 5.43. The summed E-state index contributed by atoms with van der Waals surface area (Å²) in [5.41, 5.74) is 0.298. The molecule has 5 rings (SSSR count). The summed E-state index contributed by atoms with van der Waals surface area (Å²) in [4.78, 5) is 19.0. The number of hydrogen-bond acceptors (Lipinski definition) is 3. The molecule has 0 aliphatic heterocycles. The number of nitrogens with one attached hydrogen (secondary N) is 1. The first-order valence-corrected chi connectivity index (χ1v) is 10.5. The van der Waals surface area contributed by atoms with E-state index < -0.39 is 0 Å². The lowest BCUT2D eigenvalue weighted by Gasteiger charge is -2.71. The third kappa shape index (κ3) is 2.86. The summed E-state index contributed by atoms with van der Waals surface area (Å²) < 4.78 is 3.54. The van der Waals surface area contributed by atoms with Gasteiger partial charge in [0, 0.05) is 29.5 Å². The highest BCUT2D eigenvalue weighted by Crippen LogP contribution is 2.66. The number of alkyl halides is 1. The van der Waals surface area contributed by atoms with Crippen LogP contribution in [0.2, 0.25) is 0 Å². The van der Waals surface area contributed by atoms with E-state index in [0.29, 0.717) is 12.5 Å². The summed E-state index contributed by atoms with van der Waals surface area (Å²) in [5.74, 6) is 2.12. The molecule has 4 saturated carbocycles. The van der Waals surface area contributed by atoms with Crippen molar-refractivity contribution in [3.05, 3.63) is 15.7 Å². The molecule has 1 N–H and O–H groups in total. The van der Waals surface area contributed by atoms with Crippen molar-refractivity contribution in [2.45, 2.75) is 49.1 Å². The minimum absolute atomic E-state index is 0.0584. The molecule has 1 aromatic heterocycles. The Kier molecular flexibility index (Phi) is 4.04. The van der Waals surface area contributed by atoms with E-state index in [1.54, 1.807) is 0 Å². The van der Waals surface area contributed by atoms with Crippen molar-refractivity contribution < 1.29 is 4.79 Å². The van der Waals surface area contributed by atoms with Gasteiger partial charge in [0.15, 0.2) is 0 Å². The standard InChI is InChI=1S/C16H22BrIN4O/c1-21(5-4-17)7-13(23)20-15-8-16(9-15,10-15)22-6-12(18)19-14(22)11-2-3-11/h6,11H,2-5,7-10H2,1H3,(H,20,23). The molecule has 1 heterocycles. The Balaban J connectivity index is 1.36. The summed E-state index contributed by atoms with van der Waals surface area (Å²) >= 11 is 5.73. The van der Waals surface area contributed by atoms with Crippen LogP contribution in [-0.4, -0.2) is 51.4 Å². The van der Waals surface area contributed by atoms with E-state index in [1.807, 2.05) is 7.05 Å². The number of rotatable bonds is 7. The monoisotopic (exact) mass is 492 g/mol. The molecule has 1 aromatic rings. The van der Waals surface area contributed by atoms with Gasteiger partial charge in [-0.15, -0.1) is 0 Å². The number of aromatic nitrogens is 2. The van der Waals surface area contributed by atoms with Crippen LogP contribution in [0.1, 0.15) is 43.8 Å². The molecule has 0 spiro atoms. The molecule has 4 aliphatic carbocycles. The Labute approximate surface area is 158 Å². The van der Waals surface area contributed by atoms with Gasteiger partial charge in [0.2, 0.25) is 5.91 Å². The van der Waals surface area contributed by atoms with Gasteiger partial charge in [0.25, 0.3) is 0 Å². The average molecular weight is 493 g/mol. The Bertz CT molecular complexity index is 622. The van der Waals surface area contributed by atoms with Crippen molar-refractivity contribution >= 4 is 44.4 Å². The highest BCUT2D eigenvalue weighted by atomic mass is 127. The van der Waals surface area contributed by atoms with Crippen molar-refractivity contribution in [1.82, 2.24) is 19.8 Å². The summed E-state index contributed by atoms with van der Waals surface area (Å²) in [6.07, 6.45) is 7.99. The predicted molar refractivity (Wildman–Crippen MR) is 101 cm³/mol. The molecule has 0 radical (unpaired) electrons. The fourth-order valence-electron chi connectivity index (χ4n) is 4.30. The molecule has 1 amide bonds. The van der Waals surface area contributed by atoms with Gasteiger partial charge in [-0.25, -0.2) is 4.98 Å². The normalized spacial score (nSPS) is 31.7. The molecule has 0 unspecified atom stereocenters. The Morgan fingerprint density at radius 3 is 2.83 bits per heavy atom. The summed E-state index contributed by atoms with van der Waals surface area (Å²) in [5, 5.41) is 4.18. The van der Waals surface area contributed by atoms with E-state index in [2.05, 4.69) is 59.5 Å². The zero-order chi connectivity index (χ0) is 16.2. The summed E-state index contributed by atoms with van der Waals surface area (Å²) in [6.45, 7) is 1.37. The molecule has 4 aliphatic rings. The van der Waals surface area contributed by atoms with Crippen LogP contribution in [0.4, 0.5) is 0 Å². The maximum absolute atomic E-state index is 12.2. The van der Waals surface area contributed by atoms with E-state index in [9.17, 15) is 4.79 Å². The molecule has 0 atom stereocenters. The second kappa shape index (κ2) is 5.69. The van der Waals surface area contributed by atoms with Crippen molar-refractivity contribution in [2.75, 3.05) is 25.5 Å². The quantitative estimate of drug-likeness (QED) is 0.470. The molecule has 126 valence electrons. The SMILES string of the molecule is CN(CCBr)CC(=O)NC12CC(n3cc(I)nc3C3CC3)(C1)C2. The van der Waals surface area contributed by atoms with Crippen LogP contribution in [0, 0.1) is 3.70 Å². The number of likely N-dealkylation sites (N-methyl/N-ethyl adjacent to an activating group) is 1. The lowest BCUT2D eigenvalue weighted by atomic mass is 9.44. The zero-order valence-electron chi connectivity index (χ0n) is 13.3. The van der Waals surface area contributed by atoms with Crippen molar-refractivity contribution in [2.24, 2.45) is 0 Å². The molecule has 23 heavy (non-hydrogen) atoms. The highest BCUT2D eigenvalue weighted by Gasteiger charge is 2.70. The molecular weight excluding hydrogens is 471 g/mol. The van der Waals surface area contributed by atoms with Crippen LogP contribution in [0.3, 0.4) is 0 Å². The molecule has 4 fully saturated rings. The van der Waals surface area contributed by atoms with Gasteiger partial charge in [-0.05, 0) is 61.7 Å². The van der Waals surface area contributed by atoms with Crippen LogP contribution >= 0.6 is 38.5 Å². The fraction of sp³-hybridized carbons (Fsp3) is 0.750. The van der Waals surface area contributed by atoms with E-state index in [-0.39, 0.29) is 17.0 Å². The van der Waals surface area contributed by atoms with Crippen molar-refractivity contribution in [3.8, 4) is 0 Å². The molecular formula is C16H22BrIN4O. The first-order chi connectivity index (χ1) is 11.0. The van der Waals surface area contributed by atoms with Crippen LogP contribution in [-0.2, 0) is 10.3 Å². The van der Waals surface area contributed by atoms with Crippen LogP contribution < -0.4 is 5.32 Å². The minimum atomic E-state index is 0.0584. The molecule has 0 aromatic carbocycles. The number of imidazole rings is 1. The van der Waals surface area contributed by atoms with Crippen LogP contribution in [0.25, 0.3) is 0 Å². The number of hydrogen-bond donors (Lipinski definition) is 1. The zero-order valence-corrected chi connectivity index (χ0v) is 17.1. The second-order valence-corrected chi connectivity index (χ2v) is 9.47. The second-order valence-electron chi connectivity index (χ2n) is 7.58. The lowest BCUT2D eigenvalue weighted by Crippen LogP contribution is -2.79. The van der Waals surface area contributed by atoms with Crippen LogP contribution in [0.15, 0.2) is 6.20 Å². The third-order valence-electron chi connectivity index (χ3n) is 5.44. The molecule has 2 bridgehead atoms. The number of nitrogens with zero attached hydrogens (tertiary/aromatic N) is 3. The topological polar surface area (TPSA) is 50.2 Å². The lowest BCUT2D eigenvalue weighted by molar-refractivity contribution is -0.156. The third-order valence-corrected chi connectivity index (χ3v) is 6.32. The number of amides is 1. The van der Waals surface area contributed by atoms with Crippen molar-refractivity contribution in [3.63, 3.8) is 0 Å². The first-order valence-electron chi connectivity index (χ1n) is 8.26. The van der Waals surface area contributed by atoms with E-state index >= 15 is 0 Å². The van der Waals surface area contributed by atoms with E-state index in [1.165, 1.54) is 18.7 Å². The molecule has 0 saturated heterocycles. The van der Waals surface area contributed by atoms with Gasteiger partial charge in [-0.2, -0.15) is 0 Å². The van der Waals surface area contributed by atoms with Gasteiger partial charge in [-0.1, -0.05) is 15.9 Å². The predicted octanol–water partition coefficient (Wildman–Crippen LogP) is 2.44. The number of halogens is 2. The smallest absolute Gasteiger partial charge is 0.234 e. The van der Waals surface area contributed by atoms with E-state index in [0.717, 1.165) is 34.8 Å². The average Bonchev–Trinajstić information content (AvgIpc) is 3.16. The van der Waals surface area contributed by atoms with Gasteiger partial charge >= 0.3 is 0 Å². The number of carbonyl (C=O) groups excluding carboxylic acids is 1. The van der Waals surface area contributed by atoms with Gasteiger partial charge in [-0.3, -0.25) is 9.69 Å². The van der Waals surface area contributed by atoms with Crippen LogP contribution in [0.5, 0.6) is 0 Å². The molecule has 5 nitrogen and oxygen atoms in total. The molecule has 7 heteroatoms. The van der Waals surface area contributed by atoms with Crippen molar-refractivity contribution in [1.29, 1.82) is 0 Å². The number of carbonyl (C=O) groups is 1. The summed E-state index contributed by atoms with van der Waals surface area (Å²) in [6, 6.07) is 0. The Hall–Kier alpha value is -0.150. The Morgan fingerprint density at radius 1 is 1.52 bits per heavy atom.